The molecule has 4 nitrogen and oxygen atoms in total. The zero-order valence-electron chi connectivity index (χ0n) is 13.0. The molecule has 0 atom stereocenters. The van der Waals surface area contributed by atoms with Crippen LogP contribution in [0.25, 0.3) is 0 Å². The maximum Gasteiger partial charge on any atom is 0.251 e. The average Bonchev–Trinajstić information content (AvgIpc) is 2.59. The van der Waals surface area contributed by atoms with Crippen LogP contribution < -0.4 is 15.4 Å². The highest BCUT2D eigenvalue weighted by Crippen LogP contribution is 2.26. The van der Waals surface area contributed by atoms with Gasteiger partial charge in [0.1, 0.15) is 5.75 Å². The van der Waals surface area contributed by atoms with Crippen molar-refractivity contribution >= 4 is 21.8 Å². The second-order valence-electron chi connectivity index (χ2n) is 5.70. The van der Waals surface area contributed by atoms with E-state index < -0.39 is 5.82 Å². The summed E-state index contributed by atoms with van der Waals surface area (Å²) in [6.07, 6.45) is 1.78. The summed E-state index contributed by atoms with van der Waals surface area (Å²) >= 11 is 3.33. The summed E-state index contributed by atoms with van der Waals surface area (Å²) in [6.45, 7) is 1.78. The number of hydrogen-bond acceptors (Lipinski definition) is 3. The first-order valence-electron chi connectivity index (χ1n) is 7.86. The van der Waals surface area contributed by atoms with Crippen molar-refractivity contribution < 1.29 is 13.9 Å². The van der Waals surface area contributed by atoms with Crippen LogP contribution >= 0.6 is 15.9 Å². The van der Waals surface area contributed by atoms with Gasteiger partial charge < -0.3 is 15.4 Å². The van der Waals surface area contributed by atoms with Gasteiger partial charge in [0, 0.05) is 16.1 Å². The predicted molar refractivity (Wildman–Crippen MR) is 94.0 cm³/mol. The molecule has 0 unspecified atom stereocenters. The van der Waals surface area contributed by atoms with Crippen molar-refractivity contribution in [2.75, 3.05) is 13.1 Å². The van der Waals surface area contributed by atoms with Crippen molar-refractivity contribution in [1.29, 1.82) is 0 Å². The summed E-state index contributed by atoms with van der Waals surface area (Å²) in [5, 5.41) is 6.19. The SMILES string of the molecule is O=C(NC1CCNCC1)c1ccc(Oc2ccc(Br)cc2)c(F)c1. The maximum atomic E-state index is 14.2. The molecular formula is C18H18BrFN2O2. The van der Waals surface area contributed by atoms with Gasteiger partial charge in [-0.3, -0.25) is 4.79 Å². The Morgan fingerprint density at radius 2 is 1.88 bits per heavy atom. The molecular weight excluding hydrogens is 375 g/mol. The standard InChI is InChI=1S/C18H18BrFN2O2/c19-13-2-4-15(5-3-13)24-17-6-1-12(11-16(17)20)18(23)22-14-7-9-21-10-8-14/h1-6,11,14,21H,7-10H2,(H,22,23). The van der Waals surface area contributed by atoms with E-state index in [9.17, 15) is 9.18 Å². The molecule has 0 aliphatic carbocycles. The molecule has 2 aromatic carbocycles. The fourth-order valence-electron chi connectivity index (χ4n) is 2.59. The molecule has 0 radical (unpaired) electrons. The highest BCUT2D eigenvalue weighted by Gasteiger charge is 2.17. The lowest BCUT2D eigenvalue weighted by Gasteiger charge is -2.23. The van der Waals surface area contributed by atoms with E-state index in [4.69, 9.17) is 4.74 Å². The number of hydrogen-bond donors (Lipinski definition) is 2. The molecule has 1 amide bonds. The Morgan fingerprint density at radius 3 is 2.54 bits per heavy atom. The Kier molecular flexibility index (Phi) is 5.48. The molecule has 0 saturated carbocycles. The Hall–Kier alpha value is -1.92. The first-order chi connectivity index (χ1) is 11.6. The summed E-state index contributed by atoms with van der Waals surface area (Å²) in [6, 6.07) is 11.5. The van der Waals surface area contributed by atoms with Crippen LogP contribution in [0.5, 0.6) is 11.5 Å². The van der Waals surface area contributed by atoms with Gasteiger partial charge in [0.25, 0.3) is 5.91 Å². The van der Waals surface area contributed by atoms with Crippen molar-refractivity contribution in [1.82, 2.24) is 10.6 Å². The minimum absolute atomic E-state index is 0.0933. The van der Waals surface area contributed by atoms with Gasteiger partial charge in [-0.25, -0.2) is 4.39 Å². The lowest BCUT2D eigenvalue weighted by Crippen LogP contribution is -2.42. The van der Waals surface area contributed by atoms with Crippen LogP contribution in [0.15, 0.2) is 46.9 Å². The van der Waals surface area contributed by atoms with Crippen LogP contribution in [-0.2, 0) is 0 Å². The molecule has 1 fully saturated rings. The van der Waals surface area contributed by atoms with Gasteiger partial charge in [0.15, 0.2) is 11.6 Å². The smallest absolute Gasteiger partial charge is 0.251 e. The quantitative estimate of drug-likeness (QED) is 0.830. The number of amides is 1. The zero-order valence-corrected chi connectivity index (χ0v) is 14.6. The molecule has 0 aromatic heterocycles. The van der Waals surface area contributed by atoms with Crippen LogP contribution in [0.4, 0.5) is 4.39 Å². The lowest BCUT2D eigenvalue weighted by molar-refractivity contribution is 0.0929. The molecule has 6 heteroatoms. The van der Waals surface area contributed by atoms with Crippen molar-refractivity contribution in [2.45, 2.75) is 18.9 Å². The lowest BCUT2D eigenvalue weighted by atomic mass is 10.1. The van der Waals surface area contributed by atoms with Gasteiger partial charge in [-0.1, -0.05) is 15.9 Å². The van der Waals surface area contributed by atoms with E-state index in [1.807, 2.05) is 12.1 Å². The third kappa shape index (κ3) is 4.33. The molecule has 1 heterocycles. The van der Waals surface area contributed by atoms with Gasteiger partial charge in [0.2, 0.25) is 0 Å². The Bertz CT molecular complexity index is 715. The number of rotatable bonds is 4. The van der Waals surface area contributed by atoms with Crippen LogP contribution in [0, 0.1) is 5.82 Å². The first kappa shape index (κ1) is 16.9. The minimum atomic E-state index is -0.559. The molecule has 1 aliphatic heterocycles. The summed E-state index contributed by atoms with van der Waals surface area (Å²) in [4.78, 5) is 12.2. The van der Waals surface area contributed by atoms with Crippen molar-refractivity contribution in [3.63, 3.8) is 0 Å². The molecule has 1 aliphatic rings. The third-order valence-corrected chi connectivity index (χ3v) is 4.44. The average molecular weight is 393 g/mol. The molecule has 1 saturated heterocycles. The summed E-state index contributed by atoms with van der Waals surface area (Å²) in [5.41, 5.74) is 0.300. The maximum absolute atomic E-state index is 14.2. The van der Waals surface area contributed by atoms with Gasteiger partial charge in [-0.15, -0.1) is 0 Å². The molecule has 126 valence electrons. The van der Waals surface area contributed by atoms with E-state index in [1.54, 1.807) is 18.2 Å². The molecule has 2 N–H and O–H groups in total. The third-order valence-electron chi connectivity index (χ3n) is 3.91. The van der Waals surface area contributed by atoms with E-state index in [1.165, 1.54) is 12.1 Å². The monoisotopic (exact) mass is 392 g/mol. The summed E-state index contributed by atoms with van der Waals surface area (Å²) in [5.74, 6) is -0.188. The Labute approximate surface area is 148 Å². The Balaban J connectivity index is 1.67. The normalized spacial score (nSPS) is 15.1. The van der Waals surface area contributed by atoms with E-state index in [-0.39, 0.29) is 17.7 Å². The highest BCUT2D eigenvalue weighted by molar-refractivity contribution is 9.10. The number of halogens is 2. The molecule has 0 bridgehead atoms. The largest absolute Gasteiger partial charge is 0.454 e. The van der Waals surface area contributed by atoms with Crippen molar-refractivity contribution in [3.05, 3.63) is 58.3 Å². The van der Waals surface area contributed by atoms with E-state index in [0.29, 0.717) is 11.3 Å². The van der Waals surface area contributed by atoms with Crippen LogP contribution in [-0.4, -0.2) is 25.0 Å². The van der Waals surface area contributed by atoms with E-state index >= 15 is 0 Å². The summed E-state index contributed by atoms with van der Waals surface area (Å²) in [7, 11) is 0. The van der Waals surface area contributed by atoms with Gasteiger partial charge in [-0.05, 0) is 68.4 Å². The fraction of sp³-hybridized carbons (Fsp3) is 0.278. The topological polar surface area (TPSA) is 50.4 Å². The summed E-state index contributed by atoms with van der Waals surface area (Å²) < 4.78 is 20.7. The van der Waals surface area contributed by atoms with Gasteiger partial charge in [-0.2, -0.15) is 0 Å². The first-order valence-corrected chi connectivity index (χ1v) is 8.66. The molecule has 24 heavy (non-hydrogen) atoms. The predicted octanol–water partition coefficient (Wildman–Crippen LogP) is 3.86. The van der Waals surface area contributed by atoms with Crippen LogP contribution in [0.2, 0.25) is 0 Å². The van der Waals surface area contributed by atoms with E-state index in [2.05, 4.69) is 26.6 Å². The molecule has 3 rings (SSSR count). The zero-order chi connectivity index (χ0) is 16.9. The fourth-order valence-corrected chi connectivity index (χ4v) is 2.85. The number of benzene rings is 2. The van der Waals surface area contributed by atoms with Gasteiger partial charge >= 0.3 is 0 Å². The van der Waals surface area contributed by atoms with Crippen LogP contribution in [0.1, 0.15) is 23.2 Å². The van der Waals surface area contributed by atoms with E-state index in [0.717, 1.165) is 30.4 Å². The number of nitrogens with one attached hydrogen (secondary N) is 2. The number of ether oxygens (including phenoxy) is 1. The van der Waals surface area contributed by atoms with Crippen molar-refractivity contribution in [3.8, 4) is 11.5 Å². The number of carbonyl (C=O) groups excluding carboxylic acids is 1. The molecule has 2 aromatic rings. The minimum Gasteiger partial charge on any atom is -0.454 e. The second-order valence-corrected chi connectivity index (χ2v) is 6.61. The van der Waals surface area contributed by atoms with Crippen molar-refractivity contribution in [2.24, 2.45) is 0 Å². The second kappa shape index (κ2) is 7.77. The Morgan fingerprint density at radius 1 is 1.17 bits per heavy atom. The number of piperidine rings is 1. The van der Waals surface area contributed by atoms with Gasteiger partial charge in [0.05, 0.1) is 0 Å². The van der Waals surface area contributed by atoms with Crippen LogP contribution in [0.3, 0.4) is 0 Å². The molecule has 0 spiro atoms. The highest BCUT2D eigenvalue weighted by atomic mass is 79.9. The number of carbonyl (C=O) groups is 1.